The summed E-state index contributed by atoms with van der Waals surface area (Å²) in [5, 5.41) is 5.07. The van der Waals surface area contributed by atoms with E-state index in [0.29, 0.717) is 23.0 Å². The van der Waals surface area contributed by atoms with Crippen LogP contribution in [0.4, 0.5) is 5.82 Å². The van der Waals surface area contributed by atoms with Crippen LogP contribution in [0.3, 0.4) is 0 Å². The van der Waals surface area contributed by atoms with Gasteiger partial charge in [0.25, 0.3) is 0 Å². The van der Waals surface area contributed by atoms with E-state index in [9.17, 15) is 4.79 Å². The van der Waals surface area contributed by atoms with Crippen LogP contribution in [0.25, 0.3) is 5.69 Å². The van der Waals surface area contributed by atoms with Crippen molar-refractivity contribution in [3.63, 3.8) is 0 Å². The van der Waals surface area contributed by atoms with Crippen molar-refractivity contribution >= 4 is 23.5 Å². The fourth-order valence-electron chi connectivity index (χ4n) is 2.00. The summed E-state index contributed by atoms with van der Waals surface area (Å²) in [5.74, 6) is 0.691. The van der Waals surface area contributed by atoms with Gasteiger partial charge in [-0.05, 0) is 37.3 Å². The van der Waals surface area contributed by atoms with Gasteiger partial charge in [-0.15, -0.1) is 11.8 Å². The predicted octanol–water partition coefficient (Wildman–Crippen LogP) is 3.05. The molecule has 0 fully saturated rings. The third-order valence-electron chi connectivity index (χ3n) is 2.90. The molecule has 112 valence electrons. The molecule has 1 aromatic heterocycles. The van der Waals surface area contributed by atoms with Crippen molar-refractivity contribution in [2.45, 2.75) is 25.8 Å². The van der Waals surface area contributed by atoms with Crippen molar-refractivity contribution in [3.05, 3.63) is 35.4 Å². The topological polar surface area (TPSA) is 70.1 Å². The molecule has 0 saturated carbocycles. The van der Waals surface area contributed by atoms with E-state index in [1.807, 2.05) is 38.1 Å². The molecule has 0 radical (unpaired) electrons. The maximum absolute atomic E-state index is 12.1. The lowest BCUT2D eigenvalue weighted by Gasteiger charge is -2.05. The zero-order chi connectivity index (χ0) is 15.4. The summed E-state index contributed by atoms with van der Waals surface area (Å²) >= 11 is 1.48. The van der Waals surface area contributed by atoms with Crippen LogP contribution < -0.4 is 5.73 Å². The van der Waals surface area contributed by atoms with E-state index in [-0.39, 0.29) is 0 Å². The number of carbonyl (C=O) groups excluding carboxylic acids is 1. The highest BCUT2D eigenvalue weighted by Gasteiger charge is 2.24. The van der Waals surface area contributed by atoms with Gasteiger partial charge in [-0.2, -0.15) is 5.10 Å². The molecule has 21 heavy (non-hydrogen) atoms. The SMILES string of the molecule is CCOC(=O)c1c(SCC)nn(-c2cccc(C)c2)c1N. The molecule has 0 aliphatic rings. The van der Waals surface area contributed by atoms with Gasteiger partial charge in [0.15, 0.2) is 0 Å². The van der Waals surface area contributed by atoms with Gasteiger partial charge in [0, 0.05) is 0 Å². The molecule has 0 aliphatic carbocycles. The van der Waals surface area contributed by atoms with E-state index in [2.05, 4.69) is 5.10 Å². The van der Waals surface area contributed by atoms with Crippen LogP contribution >= 0.6 is 11.8 Å². The Kier molecular flexibility index (Phi) is 4.90. The van der Waals surface area contributed by atoms with Gasteiger partial charge in [0.05, 0.1) is 12.3 Å². The molecule has 0 amide bonds. The number of aromatic nitrogens is 2. The Morgan fingerprint density at radius 1 is 1.43 bits per heavy atom. The molecule has 2 aromatic rings. The van der Waals surface area contributed by atoms with Crippen LogP contribution in [-0.4, -0.2) is 28.1 Å². The third kappa shape index (κ3) is 3.21. The highest BCUT2D eigenvalue weighted by atomic mass is 32.2. The Bertz CT molecular complexity index is 652. The van der Waals surface area contributed by atoms with Gasteiger partial charge in [0.2, 0.25) is 0 Å². The lowest BCUT2D eigenvalue weighted by Crippen LogP contribution is -2.09. The molecule has 2 N–H and O–H groups in total. The van der Waals surface area contributed by atoms with Gasteiger partial charge in [0.1, 0.15) is 16.4 Å². The van der Waals surface area contributed by atoms with Gasteiger partial charge in [-0.1, -0.05) is 19.1 Å². The number of anilines is 1. The summed E-state index contributed by atoms with van der Waals surface area (Å²) in [7, 11) is 0. The number of nitrogen functional groups attached to an aromatic ring is 1. The Balaban J connectivity index is 2.53. The van der Waals surface area contributed by atoms with Crippen LogP contribution in [0, 0.1) is 6.92 Å². The molecular weight excluding hydrogens is 286 g/mol. The molecule has 0 saturated heterocycles. The van der Waals surface area contributed by atoms with Gasteiger partial charge < -0.3 is 10.5 Å². The molecule has 1 heterocycles. The number of aryl methyl sites for hydroxylation is 1. The zero-order valence-electron chi connectivity index (χ0n) is 12.4. The van der Waals surface area contributed by atoms with E-state index >= 15 is 0 Å². The number of hydrogen-bond acceptors (Lipinski definition) is 5. The number of nitrogens with zero attached hydrogens (tertiary/aromatic N) is 2. The molecule has 0 unspecified atom stereocenters. The molecule has 0 bridgehead atoms. The first kappa shape index (κ1) is 15.4. The Morgan fingerprint density at radius 2 is 2.19 bits per heavy atom. The average Bonchev–Trinajstić information content (AvgIpc) is 2.76. The molecule has 2 rings (SSSR count). The van der Waals surface area contributed by atoms with Crippen molar-refractivity contribution < 1.29 is 9.53 Å². The van der Waals surface area contributed by atoms with Crippen molar-refractivity contribution in [2.24, 2.45) is 0 Å². The molecule has 0 spiro atoms. The molecule has 1 aromatic carbocycles. The molecule has 5 nitrogen and oxygen atoms in total. The largest absolute Gasteiger partial charge is 0.462 e. The second kappa shape index (κ2) is 6.67. The van der Waals surface area contributed by atoms with E-state index in [1.54, 1.807) is 11.6 Å². The number of hydrogen-bond donors (Lipinski definition) is 1. The minimum absolute atomic E-state index is 0.310. The van der Waals surface area contributed by atoms with Gasteiger partial charge in [-0.25, -0.2) is 9.48 Å². The number of rotatable bonds is 5. The quantitative estimate of drug-likeness (QED) is 0.679. The minimum Gasteiger partial charge on any atom is -0.462 e. The number of thioether (sulfide) groups is 1. The van der Waals surface area contributed by atoms with Gasteiger partial charge >= 0.3 is 5.97 Å². The van der Waals surface area contributed by atoms with Crippen LogP contribution in [0.15, 0.2) is 29.3 Å². The van der Waals surface area contributed by atoms with Crippen molar-refractivity contribution in [3.8, 4) is 5.69 Å². The normalized spacial score (nSPS) is 10.6. The van der Waals surface area contributed by atoms with Gasteiger partial charge in [-0.3, -0.25) is 0 Å². The Morgan fingerprint density at radius 3 is 2.81 bits per heavy atom. The molecule has 6 heteroatoms. The van der Waals surface area contributed by atoms with Crippen molar-refractivity contribution in [1.29, 1.82) is 0 Å². The zero-order valence-corrected chi connectivity index (χ0v) is 13.2. The Labute approximate surface area is 128 Å². The number of ether oxygens (including phenoxy) is 1. The Hall–Kier alpha value is -1.95. The summed E-state index contributed by atoms with van der Waals surface area (Å²) in [6.45, 7) is 6.08. The first-order chi connectivity index (χ1) is 10.1. The van der Waals surface area contributed by atoms with Crippen LogP contribution in [0.1, 0.15) is 29.8 Å². The number of carbonyl (C=O) groups is 1. The van der Waals surface area contributed by atoms with Crippen LogP contribution in [-0.2, 0) is 4.74 Å². The average molecular weight is 305 g/mol. The summed E-state index contributed by atoms with van der Waals surface area (Å²) in [4.78, 5) is 12.1. The minimum atomic E-state index is -0.426. The van der Waals surface area contributed by atoms with E-state index < -0.39 is 5.97 Å². The fourth-order valence-corrected chi connectivity index (χ4v) is 2.74. The molecule has 0 atom stereocenters. The maximum Gasteiger partial charge on any atom is 0.344 e. The van der Waals surface area contributed by atoms with Crippen LogP contribution in [0.5, 0.6) is 0 Å². The van der Waals surface area contributed by atoms with E-state index in [0.717, 1.165) is 17.0 Å². The summed E-state index contributed by atoms with van der Waals surface area (Å²) in [5.41, 5.74) is 8.42. The van der Waals surface area contributed by atoms with E-state index in [4.69, 9.17) is 10.5 Å². The second-order valence-electron chi connectivity index (χ2n) is 4.47. The van der Waals surface area contributed by atoms with Crippen LogP contribution in [0.2, 0.25) is 0 Å². The number of benzene rings is 1. The fraction of sp³-hybridized carbons (Fsp3) is 0.333. The predicted molar refractivity (Wildman–Crippen MR) is 85.1 cm³/mol. The van der Waals surface area contributed by atoms with Crippen molar-refractivity contribution in [2.75, 3.05) is 18.1 Å². The lowest BCUT2D eigenvalue weighted by molar-refractivity contribution is 0.0523. The first-order valence-corrected chi connectivity index (χ1v) is 7.82. The number of esters is 1. The third-order valence-corrected chi connectivity index (χ3v) is 3.74. The first-order valence-electron chi connectivity index (χ1n) is 6.83. The maximum atomic E-state index is 12.1. The monoisotopic (exact) mass is 305 g/mol. The van der Waals surface area contributed by atoms with Crippen molar-refractivity contribution in [1.82, 2.24) is 9.78 Å². The molecule has 0 aliphatic heterocycles. The smallest absolute Gasteiger partial charge is 0.344 e. The highest BCUT2D eigenvalue weighted by molar-refractivity contribution is 7.99. The standard InChI is InChI=1S/C15H19N3O2S/c1-4-20-15(19)12-13(16)18(17-14(12)21-5-2)11-8-6-7-10(3)9-11/h6-9H,4-5,16H2,1-3H3. The second-order valence-corrected chi connectivity index (χ2v) is 5.72. The summed E-state index contributed by atoms with van der Waals surface area (Å²) in [6, 6.07) is 7.81. The lowest BCUT2D eigenvalue weighted by atomic mass is 10.2. The molecular formula is C15H19N3O2S. The van der Waals surface area contributed by atoms with E-state index in [1.165, 1.54) is 11.8 Å². The summed E-state index contributed by atoms with van der Waals surface area (Å²) in [6.07, 6.45) is 0. The number of nitrogens with two attached hydrogens (primary N) is 1. The summed E-state index contributed by atoms with van der Waals surface area (Å²) < 4.78 is 6.68. The highest BCUT2D eigenvalue weighted by Crippen LogP contribution is 2.29.